The minimum absolute atomic E-state index is 0.0503. The van der Waals surface area contributed by atoms with Crippen LogP contribution in [0.4, 0.5) is 5.69 Å². The van der Waals surface area contributed by atoms with Crippen LogP contribution in [0.5, 0.6) is 5.75 Å². The van der Waals surface area contributed by atoms with Gasteiger partial charge in [0, 0.05) is 18.7 Å². The predicted molar refractivity (Wildman–Crippen MR) is 129 cm³/mol. The van der Waals surface area contributed by atoms with Crippen LogP contribution in [0.3, 0.4) is 0 Å². The van der Waals surface area contributed by atoms with Crippen molar-refractivity contribution in [1.82, 2.24) is 5.43 Å². The summed E-state index contributed by atoms with van der Waals surface area (Å²) in [5, 5.41) is 4.08. The van der Waals surface area contributed by atoms with E-state index in [9.17, 15) is 9.59 Å². The van der Waals surface area contributed by atoms with Gasteiger partial charge in [-0.1, -0.05) is 48.5 Å². The van der Waals surface area contributed by atoms with E-state index in [0.717, 1.165) is 28.1 Å². The summed E-state index contributed by atoms with van der Waals surface area (Å²) >= 11 is 0. The minimum atomic E-state index is -0.434. The Morgan fingerprint density at radius 3 is 2.67 bits per heavy atom. The molecule has 0 aromatic heterocycles. The Labute approximate surface area is 193 Å². The van der Waals surface area contributed by atoms with Gasteiger partial charge in [-0.05, 0) is 60.4 Å². The van der Waals surface area contributed by atoms with E-state index in [2.05, 4.69) is 10.5 Å². The number of nitrogens with zero attached hydrogens (tertiary/aromatic N) is 2. The number of aryl methyl sites for hydroxylation is 2. The minimum Gasteiger partial charge on any atom is -0.489 e. The molecule has 1 heterocycles. The zero-order valence-corrected chi connectivity index (χ0v) is 18.8. The van der Waals surface area contributed by atoms with E-state index >= 15 is 0 Å². The molecule has 3 aromatic rings. The number of hydrogen-bond donors (Lipinski definition) is 1. The zero-order chi connectivity index (χ0) is 23.2. The third kappa shape index (κ3) is 5.66. The second-order valence-electron chi connectivity index (χ2n) is 8.25. The molecular weight excluding hydrogens is 414 g/mol. The predicted octanol–water partition coefficient (Wildman–Crippen LogP) is 4.39. The normalized spacial score (nSPS) is 15.8. The van der Waals surface area contributed by atoms with Gasteiger partial charge >= 0.3 is 0 Å². The van der Waals surface area contributed by atoms with Gasteiger partial charge in [-0.2, -0.15) is 5.10 Å². The van der Waals surface area contributed by atoms with Crippen molar-refractivity contribution in [3.63, 3.8) is 0 Å². The molecule has 1 fully saturated rings. The maximum Gasteiger partial charge on any atom is 0.245 e. The fraction of sp³-hybridized carbons (Fsp3) is 0.222. The molecular formula is C27H27N3O3. The number of ether oxygens (including phenoxy) is 1. The first kappa shape index (κ1) is 22.3. The van der Waals surface area contributed by atoms with Crippen molar-refractivity contribution < 1.29 is 14.3 Å². The summed E-state index contributed by atoms with van der Waals surface area (Å²) in [4.78, 5) is 26.7. The molecule has 168 valence electrons. The lowest BCUT2D eigenvalue weighted by Crippen LogP contribution is -2.30. The monoisotopic (exact) mass is 441 g/mol. The van der Waals surface area contributed by atoms with Crippen molar-refractivity contribution in [2.45, 2.75) is 26.9 Å². The Hall–Kier alpha value is -3.93. The van der Waals surface area contributed by atoms with Crippen LogP contribution in [-0.4, -0.2) is 24.6 Å². The lowest BCUT2D eigenvalue weighted by atomic mass is 10.1. The van der Waals surface area contributed by atoms with Crippen molar-refractivity contribution >= 4 is 23.7 Å². The average Bonchev–Trinajstić information content (AvgIpc) is 3.22. The molecule has 0 bridgehead atoms. The first-order valence-electron chi connectivity index (χ1n) is 11.0. The number of nitrogens with one attached hydrogen (secondary N) is 1. The number of benzene rings is 3. The van der Waals surface area contributed by atoms with Crippen LogP contribution in [0.15, 0.2) is 77.9 Å². The first-order valence-corrected chi connectivity index (χ1v) is 11.0. The second-order valence-corrected chi connectivity index (χ2v) is 8.25. The van der Waals surface area contributed by atoms with Gasteiger partial charge in [-0.3, -0.25) is 9.59 Å². The Morgan fingerprint density at radius 2 is 1.88 bits per heavy atom. The van der Waals surface area contributed by atoms with Gasteiger partial charge in [0.2, 0.25) is 11.8 Å². The number of carbonyl (C=O) groups excluding carboxylic acids is 2. The van der Waals surface area contributed by atoms with E-state index in [1.165, 1.54) is 5.56 Å². The summed E-state index contributed by atoms with van der Waals surface area (Å²) in [5.74, 6) is -0.0237. The van der Waals surface area contributed by atoms with Crippen molar-refractivity contribution in [3.05, 3.63) is 95.1 Å². The first-order chi connectivity index (χ1) is 16.0. The van der Waals surface area contributed by atoms with E-state index in [-0.39, 0.29) is 18.2 Å². The maximum absolute atomic E-state index is 12.6. The summed E-state index contributed by atoms with van der Waals surface area (Å²) in [6.45, 7) is 4.88. The Balaban J connectivity index is 1.31. The van der Waals surface area contributed by atoms with Crippen LogP contribution >= 0.6 is 0 Å². The van der Waals surface area contributed by atoms with E-state index < -0.39 is 5.92 Å². The number of anilines is 1. The third-order valence-electron chi connectivity index (χ3n) is 5.79. The van der Waals surface area contributed by atoms with E-state index in [4.69, 9.17) is 4.74 Å². The fourth-order valence-corrected chi connectivity index (χ4v) is 3.71. The zero-order valence-electron chi connectivity index (χ0n) is 18.8. The molecule has 0 radical (unpaired) electrons. The molecule has 4 rings (SSSR count). The molecule has 6 heteroatoms. The van der Waals surface area contributed by atoms with Gasteiger partial charge in [-0.15, -0.1) is 0 Å². The SMILES string of the molecule is Cc1ccc(N2C[C@@H](C(=O)N/N=C\c3cccc(OCc4ccccc4)c3)CC2=O)cc1C. The number of hydrazone groups is 1. The number of carbonyl (C=O) groups is 2. The molecule has 1 atom stereocenters. The summed E-state index contributed by atoms with van der Waals surface area (Å²) in [6.07, 6.45) is 1.75. The molecule has 1 N–H and O–H groups in total. The number of hydrogen-bond acceptors (Lipinski definition) is 4. The van der Waals surface area contributed by atoms with Crippen molar-refractivity contribution in [2.75, 3.05) is 11.4 Å². The fourth-order valence-electron chi connectivity index (χ4n) is 3.71. The lowest BCUT2D eigenvalue weighted by Gasteiger charge is -2.17. The van der Waals surface area contributed by atoms with Crippen molar-refractivity contribution in [3.8, 4) is 5.75 Å². The summed E-state index contributed by atoms with van der Waals surface area (Å²) < 4.78 is 5.83. The number of amides is 2. The van der Waals surface area contributed by atoms with Crippen LogP contribution < -0.4 is 15.1 Å². The average molecular weight is 442 g/mol. The molecule has 1 saturated heterocycles. The van der Waals surface area contributed by atoms with Crippen LogP contribution in [0, 0.1) is 19.8 Å². The molecule has 1 aliphatic heterocycles. The molecule has 1 aliphatic rings. The number of rotatable bonds is 7. The molecule has 0 spiro atoms. The standard InChI is InChI=1S/C27H27N3O3/c1-19-11-12-24(13-20(19)2)30-17-23(15-26(30)31)27(32)29-28-16-22-9-6-10-25(14-22)33-18-21-7-4-3-5-8-21/h3-14,16,23H,15,17-18H2,1-2H3,(H,29,32)/b28-16-/t23-/m0/s1. The molecule has 2 amide bonds. The van der Waals surface area contributed by atoms with E-state index in [1.807, 2.05) is 86.6 Å². The second kappa shape index (κ2) is 10.1. The highest BCUT2D eigenvalue weighted by molar-refractivity contribution is 6.00. The highest BCUT2D eigenvalue weighted by Crippen LogP contribution is 2.27. The smallest absolute Gasteiger partial charge is 0.245 e. The summed E-state index contributed by atoms with van der Waals surface area (Å²) in [5.41, 5.74) is 7.58. The Kier molecular flexibility index (Phi) is 6.83. The van der Waals surface area contributed by atoms with Gasteiger partial charge < -0.3 is 9.64 Å². The molecule has 0 saturated carbocycles. The van der Waals surface area contributed by atoms with Crippen LogP contribution in [0.25, 0.3) is 0 Å². The topological polar surface area (TPSA) is 71.0 Å². The molecule has 3 aromatic carbocycles. The van der Waals surface area contributed by atoms with Gasteiger partial charge in [0.1, 0.15) is 12.4 Å². The third-order valence-corrected chi connectivity index (χ3v) is 5.79. The highest BCUT2D eigenvalue weighted by atomic mass is 16.5. The molecule has 6 nitrogen and oxygen atoms in total. The van der Waals surface area contributed by atoms with Gasteiger partial charge in [-0.25, -0.2) is 5.43 Å². The Bertz CT molecular complexity index is 1170. The van der Waals surface area contributed by atoms with Crippen LogP contribution in [0.2, 0.25) is 0 Å². The maximum atomic E-state index is 12.6. The van der Waals surface area contributed by atoms with E-state index in [0.29, 0.717) is 13.2 Å². The van der Waals surface area contributed by atoms with Gasteiger partial charge in [0.15, 0.2) is 0 Å². The van der Waals surface area contributed by atoms with Gasteiger partial charge in [0.25, 0.3) is 0 Å². The van der Waals surface area contributed by atoms with Crippen molar-refractivity contribution in [2.24, 2.45) is 11.0 Å². The summed E-state index contributed by atoms with van der Waals surface area (Å²) in [7, 11) is 0. The largest absolute Gasteiger partial charge is 0.489 e. The molecule has 33 heavy (non-hydrogen) atoms. The van der Waals surface area contributed by atoms with Crippen LogP contribution in [-0.2, 0) is 16.2 Å². The lowest BCUT2D eigenvalue weighted by molar-refractivity contribution is -0.126. The Morgan fingerprint density at radius 1 is 1.06 bits per heavy atom. The van der Waals surface area contributed by atoms with Gasteiger partial charge in [0.05, 0.1) is 12.1 Å². The molecule has 0 unspecified atom stereocenters. The van der Waals surface area contributed by atoms with Crippen LogP contribution in [0.1, 0.15) is 28.7 Å². The summed E-state index contributed by atoms with van der Waals surface area (Å²) in [6, 6.07) is 23.3. The molecule has 0 aliphatic carbocycles. The highest BCUT2D eigenvalue weighted by Gasteiger charge is 2.35. The quantitative estimate of drug-likeness (QED) is 0.437. The van der Waals surface area contributed by atoms with E-state index in [1.54, 1.807) is 11.1 Å². The van der Waals surface area contributed by atoms with Crippen molar-refractivity contribution in [1.29, 1.82) is 0 Å².